The van der Waals surface area contributed by atoms with E-state index < -0.39 is 5.41 Å². The van der Waals surface area contributed by atoms with Gasteiger partial charge < -0.3 is 20.1 Å². The number of ether oxygens (including phenoxy) is 2. The van der Waals surface area contributed by atoms with Gasteiger partial charge in [-0.15, -0.1) is 0 Å². The van der Waals surface area contributed by atoms with Crippen molar-refractivity contribution in [1.82, 2.24) is 4.90 Å². The lowest BCUT2D eigenvalue weighted by Crippen LogP contribution is -2.58. The average molecular weight is 256 g/mol. The van der Waals surface area contributed by atoms with Gasteiger partial charge in [0.1, 0.15) is 5.41 Å². The highest BCUT2D eigenvalue weighted by Crippen LogP contribution is 2.28. The third kappa shape index (κ3) is 2.84. The summed E-state index contributed by atoms with van der Waals surface area (Å²) < 4.78 is 10.5. The summed E-state index contributed by atoms with van der Waals surface area (Å²) in [5.74, 6) is 0.837. The molecule has 0 atom stereocenters. The molecule has 2 saturated heterocycles. The molecular weight excluding hydrogens is 232 g/mol. The van der Waals surface area contributed by atoms with Gasteiger partial charge in [0.15, 0.2) is 0 Å². The fourth-order valence-corrected chi connectivity index (χ4v) is 2.59. The maximum Gasteiger partial charge on any atom is 0.234 e. The van der Waals surface area contributed by atoms with Crippen molar-refractivity contribution in [2.75, 3.05) is 46.6 Å². The molecule has 2 aliphatic heterocycles. The van der Waals surface area contributed by atoms with Crippen LogP contribution in [0.15, 0.2) is 0 Å². The largest absolute Gasteiger partial charge is 0.381 e. The molecule has 0 aromatic heterocycles. The van der Waals surface area contributed by atoms with Crippen LogP contribution in [0.3, 0.4) is 0 Å². The molecule has 18 heavy (non-hydrogen) atoms. The summed E-state index contributed by atoms with van der Waals surface area (Å²) in [6.07, 6.45) is 3.30. The first kappa shape index (κ1) is 13.8. The molecule has 2 rings (SSSR count). The van der Waals surface area contributed by atoms with Crippen LogP contribution in [0.1, 0.15) is 19.3 Å². The van der Waals surface area contributed by atoms with Crippen LogP contribution >= 0.6 is 0 Å². The average Bonchev–Trinajstić information content (AvgIpc) is 2.36. The van der Waals surface area contributed by atoms with Crippen molar-refractivity contribution < 1.29 is 14.3 Å². The number of hydrogen-bond acceptors (Lipinski definition) is 4. The SMILES string of the molecule is CN(CCC1CCOCC1)C(=O)C1(CN)COC1. The lowest BCUT2D eigenvalue weighted by atomic mass is 9.84. The van der Waals surface area contributed by atoms with Crippen molar-refractivity contribution >= 4 is 5.91 Å². The molecule has 0 aromatic carbocycles. The van der Waals surface area contributed by atoms with E-state index in [1.54, 1.807) is 0 Å². The van der Waals surface area contributed by atoms with Crippen LogP contribution < -0.4 is 5.73 Å². The number of amides is 1. The Hall–Kier alpha value is -0.650. The zero-order valence-corrected chi connectivity index (χ0v) is 11.2. The summed E-state index contributed by atoms with van der Waals surface area (Å²) >= 11 is 0. The number of rotatable bonds is 5. The fraction of sp³-hybridized carbons (Fsp3) is 0.923. The molecule has 0 bridgehead atoms. The van der Waals surface area contributed by atoms with Crippen molar-refractivity contribution in [1.29, 1.82) is 0 Å². The predicted molar refractivity (Wildman–Crippen MR) is 68.1 cm³/mol. The topological polar surface area (TPSA) is 64.8 Å². The third-order valence-electron chi connectivity index (χ3n) is 4.16. The van der Waals surface area contributed by atoms with Gasteiger partial charge in [0.05, 0.1) is 13.2 Å². The second-order valence-corrected chi connectivity index (χ2v) is 5.55. The fourth-order valence-electron chi connectivity index (χ4n) is 2.59. The maximum atomic E-state index is 12.3. The van der Waals surface area contributed by atoms with E-state index in [0.717, 1.165) is 39.0 Å². The molecule has 2 N–H and O–H groups in total. The van der Waals surface area contributed by atoms with Crippen LogP contribution in [-0.2, 0) is 14.3 Å². The highest BCUT2D eigenvalue weighted by atomic mass is 16.5. The van der Waals surface area contributed by atoms with Crippen LogP contribution in [0.25, 0.3) is 0 Å². The first-order valence-electron chi connectivity index (χ1n) is 6.79. The van der Waals surface area contributed by atoms with Crippen molar-refractivity contribution in [2.45, 2.75) is 19.3 Å². The number of nitrogens with zero attached hydrogens (tertiary/aromatic N) is 1. The third-order valence-corrected chi connectivity index (χ3v) is 4.16. The lowest BCUT2D eigenvalue weighted by Gasteiger charge is -2.41. The van der Waals surface area contributed by atoms with Crippen molar-refractivity contribution in [3.05, 3.63) is 0 Å². The Morgan fingerprint density at radius 2 is 2.00 bits per heavy atom. The van der Waals surface area contributed by atoms with E-state index >= 15 is 0 Å². The number of carbonyl (C=O) groups excluding carboxylic acids is 1. The van der Waals surface area contributed by atoms with E-state index in [0.29, 0.717) is 25.7 Å². The first-order valence-corrected chi connectivity index (χ1v) is 6.79. The molecule has 0 spiro atoms. The molecule has 5 nitrogen and oxygen atoms in total. The van der Waals surface area contributed by atoms with E-state index in [4.69, 9.17) is 15.2 Å². The van der Waals surface area contributed by atoms with E-state index in [9.17, 15) is 4.79 Å². The van der Waals surface area contributed by atoms with Gasteiger partial charge in [-0.2, -0.15) is 0 Å². The summed E-state index contributed by atoms with van der Waals surface area (Å²) in [6.45, 7) is 3.87. The van der Waals surface area contributed by atoms with Crippen LogP contribution in [0.2, 0.25) is 0 Å². The molecule has 2 aliphatic rings. The molecule has 104 valence electrons. The number of hydrogen-bond donors (Lipinski definition) is 1. The minimum absolute atomic E-state index is 0.142. The van der Waals surface area contributed by atoms with Gasteiger partial charge in [0, 0.05) is 33.4 Å². The number of carbonyl (C=O) groups is 1. The molecule has 0 unspecified atom stereocenters. The van der Waals surface area contributed by atoms with E-state index in [1.807, 2.05) is 11.9 Å². The van der Waals surface area contributed by atoms with Crippen molar-refractivity contribution in [3.8, 4) is 0 Å². The van der Waals surface area contributed by atoms with E-state index in [1.165, 1.54) is 0 Å². The Morgan fingerprint density at radius 1 is 1.33 bits per heavy atom. The summed E-state index contributed by atoms with van der Waals surface area (Å²) in [4.78, 5) is 14.1. The van der Waals surface area contributed by atoms with Crippen LogP contribution in [0, 0.1) is 11.3 Å². The van der Waals surface area contributed by atoms with Gasteiger partial charge in [-0.3, -0.25) is 4.79 Å². The summed E-state index contributed by atoms with van der Waals surface area (Å²) in [5, 5.41) is 0. The first-order chi connectivity index (χ1) is 8.68. The molecule has 0 saturated carbocycles. The Labute approximate surface area is 109 Å². The quantitative estimate of drug-likeness (QED) is 0.765. The molecular formula is C13H24N2O3. The molecule has 1 amide bonds. The normalized spacial score (nSPS) is 23.4. The van der Waals surface area contributed by atoms with E-state index in [-0.39, 0.29) is 5.91 Å². The van der Waals surface area contributed by atoms with Crippen LogP contribution in [0.5, 0.6) is 0 Å². The summed E-state index contributed by atoms with van der Waals surface area (Å²) in [6, 6.07) is 0. The zero-order chi connectivity index (χ0) is 13.0. The molecule has 2 fully saturated rings. The van der Waals surface area contributed by atoms with Gasteiger partial charge in [-0.1, -0.05) is 0 Å². The van der Waals surface area contributed by atoms with Gasteiger partial charge in [0.25, 0.3) is 0 Å². The monoisotopic (exact) mass is 256 g/mol. The molecule has 5 heteroatoms. The Morgan fingerprint density at radius 3 is 2.50 bits per heavy atom. The van der Waals surface area contributed by atoms with E-state index in [2.05, 4.69) is 0 Å². The predicted octanol–water partition coefficient (Wildman–Crippen LogP) is 0.237. The van der Waals surface area contributed by atoms with Gasteiger partial charge in [0.2, 0.25) is 5.91 Å². The zero-order valence-electron chi connectivity index (χ0n) is 11.2. The Bertz CT molecular complexity index is 280. The Balaban J connectivity index is 1.76. The highest BCUT2D eigenvalue weighted by molar-refractivity contribution is 5.83. The van der Waals surface area contributed by atoms with Crippen LogP contribution in [0.4, 0.5) is 0 Å². The smallest absolute Gasteiger partial charge is 0.234 e. The van der Waals surface area contributed by atoms with Gasteiger partial charge >= 0.3 is 0 Å². The number of nitrogens with two attached hydrogens (primary N) is 1. The molecule has 0 aliphatic carbocycles. The second-order valence-electron chi connectivity index (χ2n) is 5.55. The van der Waals surface area contributed by atoms with Crippen molar-refractivity contribution in [2.24, 2.45) is 17.1 Å². The second kappa shape index (κ2) is 5.99. The summed E-state index contributed by atoms with van der Waals surface area (Å²) in [7, 11) is 1.87. The molecule has 0 aromatic rings. The minimum atomic E-state index is -0.440. The maximum absolute atomic E-state index is 12.3. The van der Waals surface area contributed by atoms with Crippen LogP contribution in [-0.4, -0.2) is 57.4 Å². The summed E-state index contributed by atoms with van der Waals surface area (Å²) in [5.41, 5.74) is 5.26. The van der Waals surface area contributed by atoms with Gasteiger partial charge in [-0.05, 0) is 25.2 Å². The van der Waals surface area contributed by atoms with Gasteiger partial charge in [-0.25, -0.2) is 0 Å². The van der Waals surface area contributed by atoms with Crippen molar-refractivity contribution in [3.63, 3.8) is 0 Å². The molecule has 0 radical (unpaired) electrons. The lowest BCUT2D eigenvalue weighted by molar-refractivity contribution is -0.169. The standard InChI is InChI=1S/C13H24N2O3/c1-15(5-2-11-3-6-17-7-4-11)12(16)13(8-14)9-18-10-13/h11H,2-10,14H2,1H3. The highest BCUT2D eigenvalue weighted by Gasteiger charge is 2.46. The minimum Gasteiger partial charge on any atom is -0.381 e. The molecule has 2 heterocycles. The Kier molecular flexibility index (Phi) is 4.59.